The lowest BCUT2D eigenvalue weighted by Crippen LogP contribution is -2.53. The number of nitrogens with zero attached hydrogens (tertiary/aromatic N) is 3. The van der Waals surface area contributed by atoms with E-state index in [2.05, 4.69) is 29.8 Å². The zero-order valence-electron chi connectivity index (χ0n) is 33.4. The number of aliphatic hydroxyl groups excluding tert-OH is 1. The molecular weight excluding hydrogens is 683 g/mol. The molecule has 8 aliphatic rings. The fourth-order valence-corrected chi connectivity index (χ4v) is 18.6. The van der Waals surface area contributed by atoms with Crippen LogP contribution in [-0.4, -0.2) is 109 Å². The van der Waals surface area contributed by atoms with E-state index in [-0.39, 0.29) is 42.0 Å². The van der Waals surface area contributed by atoms with Gasteiger partial charge in [0.05, 0.1) is 39.4 Å². The van der Waals surface area contributed by atoms with Crippen molar-refractivity contribution in [3.63, 3.8) is 0 Å². The van der Waals surface area contributed by atoms with Gasteiger partial charge in [0.1, 0.15) is 0 Å². The van der Waals surface area contributed by atoms with Crippen LogP contribution < -0.4 is 0 Å². The molecule has 3 amide bonds. The molecule has 4 aliphatic heterocycles. The largest absolute Gasteiger partial charge is 0.394 e. The van der Waals surface area contributed by atoms with Crippen LogP contribution in [0.1, 0.15) is 129 Å². The van der Waals surface area contributed by atoms with Crippen molar-refractivity contribution in [1.29, 1.82) is 0 Å². The number of carbonyl (C=O) groups excluding carboxylic acids is 3. The van der Waals surface area contributed by atoms with Crippen molar-refractivity contribution in [1.82, 2.24) is 14.7 Å². The topological polar surface area (TPSA) is 99.6 Å². The summed E-state index contributed by atoms with van der Waals surface area (Å²) in [5.41, 5.74) is 2.23. The third-order valence-corrected chi connectivity index (χ3v) is 21.8. The summed E-state index contributed by atoms with van der Waals surface area (Å²) in [6, 6.07) is 0.189. The predicted molar refractivity (Wildman–Crippen MR) is 208 cm³/mol. The molecule has 296 valence electrons. The number of hydrogen-bond donors (Lipinski definition) is 1. The second-order valence-corrected chi connectivity index (χ2v) is 24.6. The summed E-state index contributed by atoms with van der Waals surface area (Å²) in [6.07, 6.45) is 19.5. The highest BCUT2D eigenvalue weighted by molar-refractivity contribution is 6.80. The highest BCUT2D eigenvalue weighted by atomic mass is 28.3. The summed E-state index contributed by atoms with van der Waals surface area (Å²) in [6.45, 7) is 9.78. The van der Waals surface area contributed by atoms with Crippen molar-refractivity contribution in [2.24, 2.45) is 23.7 Å². The summed E-state index contributed by atoms with van der Waals surface area (Å²) >= 11 is 0. The van der Waals surface area contributed by atoms with Gasteiger partial charge in [0, 0.05) is 50.8 Å². The van der Waals surface area contributed by atoms with Crippen LogP contribution >= 0.6 is 0 Å². The molecule has 0 aromatic carbocycles. The first-order chi connectivity index (χ1) is 25.6. The maximum Gasteiger partial charge on any atom is 0.263 e. The van der Waals surface area contributed by atoms with Crippen molar-refractivity contribution in [2.75, 3.05) is 33.4 Å². The predicted octanol–water partition coefficient (Wildman–Crippen LogP) is 7.05. The van der Waals surface area contributed by atoms with Gasteiger partial charge in [-0.1, -0.05) is 58.5 Å². The van der Waals surface area contributed by atoms with Gasteiger partial charge in [0.25, 0.3) is 5.91 Å². The molecule has 0 radical (unpaired) electrons. The van der Waals surface area contributed by atoms with Crippen LogP contribution in [0.5, 0.6) is 0 Å². The average Bonchev–Trinajstić information content (AvgIpc) is 3.59. The molecule has 3 saturated heterocycles. The number of β-lactam (4-membered cyclic amide) rings is 1. The molecule has 0 aromatic heterocycles. The smallest absolute Gasteiger partial charge is 0.263 e. The Balaban J connectivity index is 1.09. The minimum Gasteiger partial charge on any atom is -0.394 e. The van der Waals surface area contributed by atoms with Gasteiger partial charge in [-0.25, -0.2) is 0 Å². The van der Waals surface area contributed by atoms with Crippen LogP contribution in [0.2, 0.25) is 24.2 Å². The Morgan fingerprint density at radius 3 is 2.38 bits per heavy atom. The molecule has 9 atom stereocenters. The van der Waals surface area contributed by atoms with Crippen LogP contribution in [0, 0.1) is 23.7 Å². The molecule has 0 bridgehead atoms. The van der Waals surface area contributed by atoms with E-state index >= 15 is 4.79 Å². The number of aliphatic hydroxyl groups is 1. The molecule has 1 N–H and O–H groups in total. The molecule has 1 spiro atoms. The molecule has 10 heteroatoms. The molecule has 4 unspecified atom stereocenters. The number of hydrogen-bond acceptors (Lipinski definition) is 6. The van der Waals surface area contributed by atoms with Crippen LogP contribution in [-0.2, 0) is 23.9 Å². The second kappa shape index (κ2) is 15.3. The minimum atomic E-state index is -2.11. The van der Waals surface area contributed by atoms with E-state index in [4.69, 9.17) is 9.47 Å². The summed E-state index contributed by atoms with van der Waals surface area (Å²) in [4.78, 5) is 48.7. The number of rotatable bonds is 9. The first-order valence-electron chi connectivity index (χ1n) is 22.0. The quantitative estimate of drug-likeness (QED) is 0.200. The maximum atomic E-state index is 15.4. The molecule has 6 fully saturated rings. The van der Waals surface area contributed by atoms with Crippen LogP contribution in [0.4, 0.5) is 0 Å². The van der Waals surface area contributed by atoms with Gasteiger partial charge >= 0.3 is 0 Å². The number of carbonyl (C=O) groups is 3. The van der Waals surface area contributed by atoms with Gasteiger partial charge in [-0.3, -0.25) is 14.4 Å². The van der Waals surface area contributed by atoms with Crippen LogP contribution in [0.3, 0.4) is 0 Å². The molecule has 3 saturated carbocycles. The highest BCUT2D eigenvalue weighted by Crippen LogP contribution is 2.62. The zero-order valence-corrected chi connectivity index (χ0v) is 34.4. The van der Waals surface area contributed by atoms with Gasteiger partial charge in [0.2, 0.25) is 11.8 Å². The number of amides is 3. The lowest BCUT2D eigenvalue weighted by atomic mass is 9.73. The highest BCUT2D eigenvalue weighted by Gasteiger charge is 2.68. The normalized spacial score (nSPS) is 40.8. The lowest BCUT2D eigenvalue weighted by Gasteiger charge is -2.47. The minimum absolute atomic E-state index is 0.00162. The lowest BCUT2D eigenvalue weighted by molar-refractivity contribution is -0.154. The number of methoxy groups -OCH3 is 1. The molecule has 8 rings (SSSR count). The van der Waals surface area contributed by atoms with Crippen molar-refractivity contribution in [3.05, 3.63) is 11.3 Å². The standard InChI is InChI=1S/C43H69N3O6Si/c1-28-41(53(3,4)35-18-16-34(51-2)17-19-35)38(24-40(49)45-26-31-12-6-5-11-30(31)23-33(45)27-47)52-43(28)36-14-7-8-15-37(36)46(42(43)50)25-29-10-9-13-32(22-29)44-21-20-39(44)48/h28-35,38,41,47H,5-27H2,1-4H3/t28-,29?,30?,31?,32?,33+,34?,35?,38+,41-,43+/m1/s1. The van der Waals surface area contributed by atoms with E-state index in [1.54, 1.807) is 0 Å². The molecule has 53 heavy (non-hydrogen) atoms. The van der Waals surface area contributed by atoms with E-state index in [0.717, 1.165) is 103 Å². The van der Waals surface area contributed by atoms with Crippen molar-refractivity contribution in [3.8, 4) is 0 Å². The average molecular weight is 752 g/mol. The van der Waals surface area contributed by atoms with E-state index in [1.807, 2.05) is 12.0 Å². The summed E-state index contributed by atoms with van der Waals surface area (Å²) in [7, 11) is -0.269. The SMILES string of the molecule is COC1CCC([Si](C)(C)[C@H]2[C@H](CC(=O)N3CC4CCCCC4C[C@H]3CO)O[C@@]3(C(=O)N(CC4CCCC(N5CCC5=O)C4)C4=C3CCCC4)[C@@H]2C)CC1. The monoisotopic (exact) mass is 751 g/mol. The molecule has 4 heterocycles. The molecule has 9 nitrogen and oxygen atoms in total. The number of ether oxygens (including phenoxy) is 2. The summed E-state index contributed by atoms with van der Waals surface area (Å²) in [5, 5.41) is 10.6. The van der Waals surface area contributed by atoms with E-state index in [9.17, 15) is 14.7 Å². The van der Waals surface area contributed by atoms with Crippen LogP contribution in [0.15, 0.2) is 11.3 Å². The second-order valence-electron chi connectivity index (χ2n) is 19.4. The van der Waals surface area contributed by atoms with Crippen molar-refractivity contribution >= 4 is 25.8 Å². The number of allylic oxidation sites excluding steroid dienone is 1. The fourth-order valence-electron chi connectivity index (χ4n) is 13.6. The van der Waals surface area contributed by atoms with Gasteiger partial charge in [0.15, 0.2) is 5.60 Å². The Hall–Kier alpha value is -1.75. The Bertz CT molecular complexity index is 1430. The third-order valence-electron chi connectivity index (χ3n) is 16.6. The third kappa shape index (κ3) is 6.69. The van der Waals surface area contributed by atoms with E-state index in [0.29, 0.717) is 54.2 Å². The van der Waals surface area contributed by atoms with E-state index in [1.165, 1.54) is 37.0 Å². The Morgan fingerprint density at radius 1 is 0.925 bits per heavy atom. The summed E-state index contributed by atoms with van der Waals surface area (Å²) in [5.74, 6) is 2.07. The first kappa shape index (κ1) is 38.1. The van der Waals surface area contributed by atoms with Crippen molar-refractivity contribution in [2.45, 2.75) is 183 Å². The van der Waals surface area contributed by atoms with Gasteiger partial charge < -0.3 is 29.3 Å². The Labute approximate surface area is 319 Å². The molecule has 0 aromatic rings. The maximum absolute atomic E-state index is 15.4. The molecule has 4 aliphatic carbocycles. The number of piperidine rings is 1. The van der Waals surface area contributed by atoms with Gasteiger partial charge in [-0.15, -0.1) is 0 Å². The van der Waals surface area contributed by atoms with E-state index < -0.39 is 13.7 Å². The zero-order chi connectivity index (χ0) is 37.1. The van der Waals surface area contributed by atoms with Crippen LogP contribution in [0.25, 0.3) is 0 Å². The number of likely N-dealkylation sites (tertiary alicyclic amines) is 2. The first-order valence-corrected chi connectivity index (χ1v) is 25.2. The summed E-state index contributed by atoms with van der Waals surface area (Å²) < 4.78 is 13.3. The Kier molecular flexibility index (Phi) is 11.0. The number of fused-ring (bicyclic) bond motifs is 2. The van der Waals surface area contributed by atoms with Crippen molar-refractivity contribution < 1.29 is 29.0 Å². The van der Waals surface area contributed by atoms with Gasteiger partial charge in [-0.2, -0.15) is 0 Å². The molecular formula is C43H69N3O6Si. The Morgan fingerprint density at radius 2 is 1.68 bits per heavy atom. The van der Waals surface area contributed by atoms with Gasteiger partial charge in [-0.05, 0) is 105 Å². The fraction of sp³-hybridized carbons (Fsp3) is 0.884.